The third-order valence-electron chi connectivity index (χ3n) is 14.0. The van der Waals surface area contributed by atoms with Crippen molar-refractivity contribution in [2.24, 2.45) is 27.7 Å². The highest BCUT2D eigenvalue weighted by Crippen LogP contribution is 2.50. The van der Waals surface area contributed by atoms with Gasteiger partial charge in [-0.2, -0.15) is 5.06 Å². The normalized spacial score (nSPS) is 28.3. The average Bonchev–Trinajstić information content (AvgIpc) is 3.67. The first-order chi connectivity index (χ1) is 32.0. The molecular weight excluding hydrogens is 856 g/mol. The molecule has 15 heteroatoms. The van der Waals surface area contributed by atoms with Gasteiger partial charge in [0.05, 0.1) is 34.8 Å². The van der Waals surface area contributed by atoms with Crippen LogP contribution < -0.4 is 25.7 Å². The molecule has 0 aliphatic carbocycles. The van der Waals surface area contributed by atoms with Gasteiger partial charge < -0.3 is 39.9 Å². The molecule has 3 aromatic rings. The Hall–Kier alpha value is -5.35. The molecule has 5 bridgehead atoms. The first kappa shape index (κ1) is 48.1. The van der Waals surface area contributed by atoms with Gasteiger partial charge in [-0.3, -0.25) is 24.4 Å². The summed E-state index contributed by atoms with van der Waals surface area (Å²) in [7, 11) is 0. The first-order valence-electron chi connectivity index (χ1n) is 24.1. The van der Waals surface area contributed by atoms with Gasteiger partial charge >= 0.3 is 5.79 Å². The lowest BCUT2D eigenvalue weighted by molar-refractivity contribution is -0.204. The van der Waals surface area contributed by atoms with Crippen LogP contribution in [0, 0.1) is 30.5 Å². The number of ketones is 1. The molecule has 4 N–H and O–H groups in total. The summed E-state index contributed by atoms with van der Waals surface area (Å²) in [5.41, 5.74) is 0.739. The first-order valence-corrected chi connectivity index (χ1v) is 24.1. The highest BCUT2D eigenvalue weighted by Gasteiger charge is 2.50. The number of hydrogen-bond acceptors (Lipinski definition) is 13. The highest BCUT2D eigenvalue weighted by atomic mass is 19.1. The second-order valence-corrected chi connectivity index (χ2v) is 19.8. The number of piperidine rings is 1. The van der Waals surface area contributed by atoms with Gasteiger partial charge in [-0.1, -0.05) is 45.9 Å². The monoisotopic (exact) mass is 923 g/mol. The Balaban J connectivity index is 1.13. The van der Waals surface area contributed by atoms with Crippen molar-refractivity contribution in [2.45, 2.75) is 117 Å². The Morgan fingerprint density at radius 1 is 0.955 bits per heavy atom. The van der Waals surface area contributed by atoms with E-state index >= 15 is 0 Å². The van der Waals surface area contributed by atoms with Crippen LogP contribution in [0.1, 0.15) is 102 Å². The molecule has 1 spiro atoms. The second-order valence-electron chi connectivity index (χ2n) is 19.8. The van der Waals surface area contributed by atoms with E-state index in [1.807, 2.05) is 24.1 Å². The van der Waals surface area contributed by atoms with Crippen LogP contribution in [-0.2, 0) is 14.4 Å². The van der Waals surface area contributed by atoms with Crippen molar-refractivity contribution >= 4 is 33.8 Å². The number of ether oxygens (including phenoxy) is 2. The maximum absolute atomic E-state index is 14.8. The fourth-order valence-corrected chi connectivity index (χ4v) is 10.1. The summed E-state index contributed by atoms with van der Waals surface area (Å²) in [5.74, 6) is -3.27. The van der Waals surface area contributed by atoms with Crippen LogP contribution in [0.4, 0.5) is 15.8 Å². The third-order valence-corrected chi connectivity index (χ3v) is 14.0. The lowest BCUT2D eigenvalue weighted by Gasteiger charge is -2.36. The quantitative estimate of drug-likeness (QED) is 0.189. The molecular formula is C52H67FN6O8. The van der Waals surface area contributed by atoms with Crippen molar-refractivity contribution in [3.63, 3.8) is 0 Å². The van der Waals surface area contributed by atoms with Crippen LogP contribution in [0.25, 0.3) is 10.8 Å². The molecule has 1 amide bonds. The Labute approximate surface area is 392 Å². The summed E-state index contributed by atoms with van der Waals surface area (Å²) in [5, 5.41) is 41.2. The molecule has 360 valence electrons. The summed E-state index contributed by atoms with van der Waals surface area (Å²) in [4.78, 5) is 50.4. The van der Waals surface area contributed by atoms with Crippen LogP contribution in [0.2, 0.25) is 0 Å². The number of Topliss-reactive ketones (excluding diaryl/α,β-unsaturated/α-hetero) is 1. The molecule has 0 saturated carbocycles. The van der Waals surface area contributed by atoms with E-state index in [0.717, 1.165) is 38.3 Å². The summed E-state index contributed by atoms with van der Waals surface area (Å²) >= 11 is 0. The van der Waals surface area contributed by atoms with Crippen LogP contribution in [-0.4, -0.2) is 106 Å². The molecule has 3 aromatic carbocycles. The fourth-order valence-electron chi connectivity index (χ4n) is 10.1. The van der Waals surface area contributed by atoms with Crippen LogP contribution in [0.3, 0.4) is 0 Å². The van der Waals surface area contributed by atoms with Gasteiger partial charge in [-0.15, -0.1) is 0 Å². The number of nitrogens with one attached hydrogen (secondary N) is 1. The van der Waals surface area contributed by atoms with E-state index in [2.05, 4.69) is 35.9 Å². The minimum atomic E-state index is -1.83. The molecule has 6 heterocycles. The SMILES string of the molecule is C/C1=C/C=C/C(C)C[C@@H](C)C(O)C[C@H](ON2CCCN(c3ccc(F)cc3)CC2)CC/C=C/OC2(C)Oc3c(C)c(O)c4c(O)c(c5c(c4c3C2=O)=NC2(CCN(CC(C)C)CC2)N=5)NC1=O. The number of nitrogens with zero attached hydrogens (tertiary/aromatic N) is 5. The van der Waals surface area contributed by atoms with Crippen LogP contribution in [0.5, 0.6) is 17.2 Å². The Kier molecular flexibility index (Phi) is 14.2. The number of allylic oxidation sites excluding steroid dienone is 4. The number of amides is 1. The van der Waals surface area contributed by atoms with Crippen molar-refractivity contribution in [2.75, 3.05) is 56.0 Å². The maximum atomic E-state index is 14.8. The number of hydrogen-bond donors (Lipinski definition) is 4. The zero-order valence-electron chi connectivity index (χ0n) is 40.0. The molecule has 5 atom stereocenters. The number of fused-ring (bicyclic) bond motifs is 13. The topological polar surface area (TPSA) is 169 Å². The molecule has 2 fully saturated rings. The van der Waals surface area contributed by atoms with Crippen molar-refractivity contribution < 1.29 is 43.6 Å². The number of benzene rings is 3. The van der Waals surface area contributed by atoms with Crippen molar-refractivity contribution in [1.82, 2.24) is 9.96 Å². The number of anilines is 2. The maximum Gasteiger partial charge on any atom is 0.312 e. The number of hydroxylamine groups is 2. The third kappa shape index (κ3) is 10.1. The number of phenols is 2. The minimum Gasteiger partial charge on any atom is -0.507 e. The molecule has 0 radical (unpaired) electrons. The van der Waals surface area contributed by atoms with E-state index in [4.69, 9.17) is 24.3 Å². The van der Waals surface area contributed by atoms with Gasteiger partial charge in [0.1, 0.15) is 28.4 Å². The number of aliphatic hydroxyl groups is 1. The summed E-state index contributed by atoms with van der Waals surface area (Å²) in [6.07, 6.45) is 11.9. The molecule has 3 unspecified atom stereocenters. The number of phenolic OH excluding ortho intramolecular Hbond substituents is 2. The smallest absolute Gasteiger partial charge is 0.312 e. The van der Waals surface area contributed by atoms with Gasteiger partial charge in [0.2, 0.25) is 0 Å². The molecule has 9 rings (SSSR count). The van der Waals surface area contributed by atoms with Crippen LogP contribution in [0.15, 0.2) is 70.4 Å². The van der Waals surface area contributed by atoms with E-state index in [-0.39, 0.29) is 68.2 Å². The van der Waals surface area contributed by atoms with Crippen molar-refractivity contribution in [3.05, 3.63) is 88.1 Å². The zero-order valence-corrected chi connectivity index (χ0v) is 40.0. The van der Waals surface area contributed by atoms with E-state index in [1.54, 1.807) is 38.1 Å². The Morgan fingerprint density at radius 2 is 1.69 bits per heavy atom. The Morgan fingerprint density at radius 3 is 2.42 bits per heavy atom. The fraction of sp³-hybridized carbons (Fsp3) is 0.538. The molecule has 0 aromatic heterocycles. The number of aromatic hydroxyl groups is 2. The molecule has 67 heavy (non-hydrogen) atoms. The Bertz CT molecular complexity index is 2590. The average molecular weight is 923 g/mol. The summed E-state index contributed by atoms with van der Waals surface area (Å²) < 4.78 is 26.2. The molecule has 6 aliphatic rings. The predicted octanol–water partition coefficient (Wildman–Crippen LogP) is 7.38. The number of rotatable bonds is 5. The van der Waals surface area contributed by atoms with Gasteiger partial charge in [0, 0.05) is 94.2 Å². The van der Waals surface area contributed by atoms with Crippen LogP contribution >= 0.6 is 0 Å². The molecule has 6 aliphatic heterocycles. The standard InChI is InChI=1S/C52H67FN6O8/c1-31(2)30-57-23-19-52(20-24-57)55-43-40-41-46(61)35(6)48-42(40)49(63)51(7,66-48)65-27-9-8-14-38(67-59-22-11-21-58(25-26-59)37-17-15-36(53)16-18-37)29-39(60)34(5)28-32(3)12-10-13-33(4)50(64)54-45(47(41)62)44(43)56-52/h9-10,12-13,15-18,27,31-32,34,38-39,60-62H,8,11,14,19-26,28-30H2,1-7H3,(H,54,64)/b12-10+,27-9+,33-13-/t32?,34-,38-,39?,51?/m1/s1. The van der Waals surface area contributed by atoms with Crippen molar-refractivity contribution in [3.8, 4) is 17.2 Å². The van der Waals surface area contributed by atoms with Crippen molar-refractivity contribution in [1.29, 1.82) is 0 Å². The van der Waals surface area contributed by atoms with Gasteiger partial charge in [0.25, 0.3) is 11.7 Å². The molecule has 2 saturated heterocycles. The summed E-state index contributed by atoms with van der Waals surface area (Å²) in [6, 6.07) is 6.54. The number of aliphatic hydroxyl groups excluding tert-OH is 1. The number of carbonyl (C=O) groups excluding carboxylic acids is 2. The zero-order chi connectivity index (χ0) is 47.8. The second kappa shape index (κ2) is 19.7. The van der Waals surface area contributed by atoms with E-state index in [9.17, 15) is 29.3 Å². The predicted molar refractivity (Wildman–Crippen MR) is 255 cm³/mol. The summed E-state index contributed by atoms with van der Waals surface area (Å²) in [6.45, 7) is 18.5. The van der Waals surface area contributed by atoms with E-state index in [1.165, 1.54) is 25.3 Å². The lowest BCUT2D eigenvalue weighted by Crippen LogP contribution is -2.43. The van der Waals surface area contributed by atoms with E-state index < -0.39 is 35.0 Å². The lowest BCUT2D eigenvalue weighted by atomic mass is 9.89. The largest absolute Gasteiger partial charge is 0.507 e. The van der Waals surface area contributed by atoms with Gasteiger partial charge in [-0.25, -0.2) is 4.39 Å². The highest BCUT2D eigenvalue weighted by molar-refractivity contribution is 6.19. The minimum absolute atomic E-state index is 0.00755. The number of carbonyl (C=O) groups is 2. The van der Waals surface area contributed by atoms with Gasteiger partial charge in [-0.05, 0) is 87.6 Å². The van der Waals surface area contributed by atoms with Gasteiger partial charge in [0.15, 0.2) is 11.4 Å². The molecule has 14 nitrogen and oxygen atoms in total. The number of likely N-dealkylation sites (tertiary alicyclic amines) is 1. The number of halogens is 1. The van der Waals surface area contributed by atoms with E-state index in [0.29, 0.717) is 75.0 Å².